The third-order valence-corrected chi connectivity index (χ3v) is 4.77. The molecule has 0 spiro atoms. The van der Waals surface area contributed by atoms with E-state index < -0.39 is 0 Å². The van der Waals surface area contributed by atoms with Crippen LogP contribution in [-0.2, 0) is 6.54 Å². The third kappa shape index (κ3) is 3.72. The van der Waals surface area contributed by atoms with Crippen LogP contribution >= 0.6 is 0 Å². The highest BCUT2D eigenvalue weighted by molar-refractivity contribution is 5.51. The first kappa shape index (κ1) is 15.3. The molecule has 1 fully saturated rings. The van der Waals surface area contributed by atoms with Crippen molar-refractivity contribution in [3.63, 3.8) is 0 Å². The van der Waals surface area contributed by atoms with Crippen LogP contribution in [0.4, 0.5) is 5.69 Å². The largest absolute Gasteiger partial charge is 0.370 e. The van der Waals surface area contributed by atoms with Crippen molar-refractivity contribution in [3.05, 3.63) is 24.0 Å². The lowest BCUT2D eigenvalue weighted by molar-refractivity contribution is 0.313. The molecule has 0 amide bonds. The van der Waals surface area contributed by atoms with Crippen molar-refractivity contribution in [1.82, 2.24) is 10.3 Å². The topological polar surface area (TPSA) is 28.2 Å². The van der Waals surface area contributed by atoms with Crippen LogP contribution in [0.5, 0.6) is 0 Å². The van der Waals surface area contributed by atoms with Crippen LogP contribution in [0, 0.1) is 5.92 Å². The number of rotatable bonds is 6. The van der Waals surface area contributed by atoms with Crippen molar-refractivity contribution in [2.45, 2.75) is 58.5 Å². The van der Waals surface area contributed by atoms with Crippen molar-refractivity contribution >= 4 is 5.69 Å². The van der Waals surface area contributed by atoms with E-state index in [1.807, 2.05) is 12.4 Å². The molecule has 1 aromatic rings. The number of hydrogen-bond donors (Lipinski definition) is 1. The molecule has 3 nitrogen and oxygen atoms in total. The third-order valence-electron chi connectivity index (χ3n) is 4.77. The first-order valence-corrected chi connectivity index (χ1v) is 8.12. The van der Waals surface area contributed by atoms with E-state index in [1.165, 1.54) is 43.4 Å². The van der Waals surface area contributed by atoms with Crippen LogP contribution in [0.3, 0.4) is 0 Å². The molecule has 1 aromatic heterocycles. The lowest BCUT2D eigenvalue weighted by Crippen LogP contribution is -2.36. The first-order chi connectivity index (χ1) is 9.76. The Labute approximate surface area is 123 Å². The molecule has 1 aliphatic carbocycles. The van der Waals surface area contributed by atoms with E-state index in [1.54, 1.807) is 0 Å². The maximum atomic E-state index is 4.33. The lowest BCUT2D eigenvalue weighted by Gasteiger charge is -2.36. The molecule has 0 saturated heterocycles. The molecule has 20 heavy (non-hydrogen) atoms. The van der Waals surface area contributed by atoms with E-state index in [-0.39, 0.29) is 0 Å². The summed E-state index contributed by atoms with van der Waals surface area (Å²) in [5.41, 5.74) is 2.66. The summed E-state index contributed by atoms with van der Waals surface area (Å²) in [5.74, 6) is 0.953. The smallest absolute Gasteiger partial charge is 0.0598 e. The van der Waals surface area contributed by atoms with Gasteiger partial charge in [-0.2, -0.15) is 0 Å². The SMILES string of the molecule is CCNCc1ccncc1N(C)C1CCC(CC)CC1. The van der Waals surface area contributed by atoms with Gasteiger partial charge < -0.3 is 10.2 Å². The molecule has 0 unspecified atom stereocenters. The minimum Gasteiger partial charge on any atom is -0.370 e. The summed E-state index contributed by atoms with van der Waals surface area (Å²) >= 11 is 0. The second-order valence-electron chi connectivity index (χ2n) is 5.98. The molecule has 3 heteroatoms. The van der Waals surface area contributed by atoms with E-state index in [4.69, 9.17) is 0 Å². The number of anilines is 1. The molecular weight excluding hydrogens is 246 g/mol. The van der Waals surface area contributed by atoms with Crippen LogP contribution in [0.25, 0.3) is 0 Å². The van der Waals surface area contributed by atoms with Gasteiger partial charge in [-0.25, -0.2) is 0 Å². The highest BCUT2D eigenvalue weighted by Gasteiger charge is 2.24. The lowest BCUT2D eigenvalue weighted by atomic mass is 9.84. The Kier molecular flexibility index (Phi) is 5.84. The molecule has 1 heterocycles. The molecule has 0 atom stereocenters. The average Bonchev–Trinajstić information content (AvgIpc) is 2.52. The molecule has 112 valence electrons. The minimum atomic E-state index is 0.683. The fraction of sp³-hybridized carbons (Fsp3) is 0.706. The van der Waals surface area contributed by atoms with Crippen LogP contribution in [0.2, 0.25) is 0 Å². The molecule has 0 aromatic carbocycles. The number of pyridine rings is 1. The van der Waals surface area contributed by atoms with Gasteiger partial charge >= 0.3 is 0 Å². The van der Waals surface area contributed by atoms with E-state index in [9.17, 15) is 0 Å². The van der Waals surface area contributed by atoms with Gasteiger partial charge in [0.1, 0.15) is 0 Å². The van der Waals surface area contributed by atoms with Crippen molar-refractivity contribution in [2.75, 3.05) is 18.5 Å². The predicted molar refractivity (Wildman–Crippen MR) is 86.1 cm³/mol. The quantitative estimate of drug-likeness (QED) is 0.860. The summed E-state index contributed by atoms with van der Waals surface area (Å²) in [6, 6.07) is 2.83. The molecule has 1 aliphatic rings. The second-order valence-corrected chi connectivity index (χ2v) is 5.98. The Hall–Kier alpha value is -1.09. The summed E-state index contributed by atoms with van der Waals surface area (Å²) in [4.78, 5) is 6.79. The van der Waals surface area contributed by atoms with Gasteiger partial charge in [-0.05, 0) is 49.8 Å². The Bertz CT molecular complexity index is 397. The van der Waals surface area contributed by atoms with Gasteiger partial charge in [-0.3, -0.25) is 4.98 Å². The van der Waals surface area contributed by atoms with Gasteiger partial charge in [0.05, 0.1) is 11.9 Å². The van der Waals surface area contributed by atoms with Crippen LogP contribution in [-0.4, -0.2) is 24.6 Å². The normalized spacial score (nSPS) is 22.8. The van der Waals surface area contributed by atoms with Crippen molar-refractivity contribution < 1.29 is 0 Å². The van der Waals surface area contributed by atoms with Crippen LogP contribution in [0.15, 0.2) is 18.5 Å². The van der Waals surface area contributed by atoms with Gasteiger partial charge in [-0.1, -0.05) is 20.3 Å². The zero-order valence-corrected chi connectivity index (χ0v) is 13.2. The van der Waals surface area contributed by atoms with Crippen LogP contribution in [0.1, 0.15) is 51.5 Å². The Morgan fingerprint density at radius 2 is 2.00 bits per heavy atom. The van der Waals surface area contributed by atoms with Gasteiger partial charge in [0.2, 0.25) is 0 Å². The summed E-state index contributed by atoms with van der Waals surface area (Å²) in [5, 5.41) is 3.42. The van der Waals surface area contributed by atoms with E-state index in [2.05, 4.69) is 42.2 Å². The average molecular weight is 275 g/mol. The maximum absolute atomic E-state index is 4.33. The Morgan fingerprint density at radius 1 is 1.25 bits per heavy atom. The van der Waals surface area contributed by atoms with Crippen LogP contribution < -0.4 is 10.2 Å². The van der Waals surface area contributed by atoms with Gasteiger partial charge in [-0.15, -0.1) is 0 Å². The monoisotopic (exact) mass is 275 g/mol. The number of nitrogens with one attached hydrogen (secondary N) is 1. The van der Waals surface area contributed by atoms with Crippen molar-refractivity contribution in [1.29, 1.82) is 0 Å². The molecule has 0 radical (unpaired) electrons. The molecule has 1 N–H and O–H groups in total. The fourth-order valence-corrected chi connectivity index (χ4v) is 3.28. The summed E-state index contributed by atoms with van der Waals surface area (Å²) in [6.07, 6.45) is 10.7. The van der Waals surface area contributed by atoms with Gasteiger partial charge in [0, 0.05) is 25.8 Å². The summed E-state index contributed by atoms with van der Waals surface area (Å²) in [7, 11) is 2.24. The highest BCUT2D eigenvalue weighted by Crippen LogP contribution is 2.32. The zero-order valence-electron chi connectivity index (χ0n) is 13.2. The van der Waals surface area contributed by atoms with E-state index in [0.29, 0.717) is 6.04 Å². The number of aromatic nitrogens is 1. The first-order valence-electron chi connectivity index (χ1n) is 8.12. The second kappa shape index (κ2) is 7.63. The highest BCUT2D eigenvalue weighted by atomic mass is 15.1. The minimum absolute atomic E-state index is 0.683. The van der Waals surface area contributed by atoms with E-state index in [0.717, 1.165) is 19.0 Å². The maximum Gasteiger partial charge on any atom is 0.0598 e. The van der Waals surface area contributed by atoms with E-state index >= 15 is 0 Å². The van der Waals surface area contributed by atoms with Gasteiger partial charge in [0.25, 0.3) is 0 Å². The molecule has 0 bridgehead atoms. The Balaban J connectivity index is 2.03. The standard InChI is InChI=1S/C17H29N3/c1-4-14-6-8-16(9-7-14)20(3)17-13-19-11-10-15(17)12-18-5-2/h10-11,13-14,16,18H,4-9,12H2,1-3H3. The molecule has 2 rings (SSSR count). The predicted octanol–water partition coefficient (Wildman–Crippen LogP) is 3.60. The van der Waals surface area contributed by atoms with Crippen molar-refractivity contribution in [3.8, 4) is 0 Å². The number of nitrogens with zero attached hydrogens (tertiary/aromatic N) is 2. The summed E-state index contributed by atoms with van der Waals surface area (Å²) < 4.78 is 0. The molecule has 0 aliphatic heterocycles. The summed E-state index contributed by atoms with van der Waals surface area (Å²) in [6.45, 7) is 6.41. The zero-order chi connectivity index (χ0) is 14.4. The fourth-order valence-electron chi connectivity index (χ4n) is 3.28. The Morgan fingerprint density at radius 3 is 2.65 bits per heavy atom. The molecule has 1 saturated carbocycles. The molecular formula is C17H29N3. The van der Waals surface area contributed by atoms with Gasteiger partial charge in [0.15, 0.2) is 0 Å². The number of hydrogen-bond acceptors (Lipinski definition) is 3. The van der Waals surface area contributed by atoms with Crippen molar-refractivity contribution in [2.24, 2.45) is 5.92 Å².